The van der Waals surface area contributed by atoms with Crippen LogP contribution in [0.2, 0.25) is 10.0 Å². The van der Waals surface area contributed by atoms with Gasteiger partial charge < -0.3 is 14.8 Å². The van der Waals surface area contributed by atoms with Crippen LogP contribution in [0.15, 0.2) is 60.2 Å². The molecule has 0 saturated carbocycles. The molecule has 5 nitrogen and oxygen atoms in total. The van der Waals surface area contributed by atoms with Crippen molar-refractivity contribution in [1.82, 2.24) is 0 Å². The predicted octanol–water partition coefficient (Wildman–Crippen LogP) is 7.13. The van der Waals surface area contributed by atoms with Gasteiger partial charge in [-0.25, -0.2) is 0 Å². The van der Waals surface area contributed by atoms with Gasteiger partial charge in [0.2, 0.25) is 0 Å². The molecule has 0 aliphatic carbocycles. The Morgan fingerprint density at radius 1 is 1.03 bits per heavy atom. The summed E-state index contributed by atoms with van der Waals surface area (Å²) in [6, 6.07) is 18.1. The van der Waals surface area contributed by atoms with E-state index >= 15 is 0 Å². The fourth-order valence-electron chi connectivity index (χ4n) is 3.19. The molecule has 0 aliphatic heterocycles. The van der Waals surface area contributed by atoms with Crippen LogP contribution in [0.1, 0.15) is 29.2 Å². The van der Waals surface area contributed by atoms with Crippen molar-refractivity contribution < 1.29 is 14.3 Å². The number of rotatable bonds is 8. The molecule has 34 heavy (non-hydrogen) atoms. The fraction of sp³-hybridized carbons (Fsp3) is 0.185. The van der Waals surface area contributed by atoms with E-state index in [1.165, 1.54) is 17.2 Å². The Balaban J connectivity index is 1.86. The van der Waals surface area contributed by atoms with Crippen LogP contribution in [0, 0.1) is 25.2 Å². The maximum Gasteiger partial charge on any atom is 0.266 e. The van der Waals surface area contributed by atoms with E-state index < -0.39 is 5.91 Å². The molecule has 3 aromatic carbocycles. The smallest absolute Gasteiger partial charge is 0.266 e. The molecule has 0 atom stereocenters. The first kappa shape index (κ1) is 25.2. The van der Waals surface area contributed by atoms with Gasteiger partial charge in [-0.05, 0) is 73.4 Å². The van der Waals surface area contributed by atoms with Crippen molar-refractivity contribution in [3.05, 3.63) is 92.5 Å². The number of hydrogen-bond donors (Lipinski definition) is 1. The second kappa shape index (κ2) is 11.6. The van der Waals surface area contributed by atoms with E-state index in [2.05, 4.69) is 18.3 Å². The highest BCUT2D eigenvalue weighted by Crippen LogP contribution is 2.38. The molecule has 0 aromatic heterocycles. The molecule has 0 fully saturated rings. The molecule has 0 heterocycles. The van der Waals surface area contributed by atoms with Gasteiger partial charge in [0.1, 0.15) is 18.2 Å². The average molecular weight is 495 g/mol. The lowest BCUT2D eigenvalue weighted by atomic mass is 10.1. The molecule has 3 aromatic rings. The summed E-state index contributed by atoms with van der Waals surface area (Å²) in [6.07, 6.45) is 1.44. The summed E-state index contributed by atoms with van der Waals surface area (Å²) in [5, 5.41) is 12.9. The first-order chi connectivity index (χ1) is 16.3. The second-order valence-corrected chi connectivity index (χ2v) is 8.39. The van der Waals surface area contributed by atoms with Crippen LogP contribution >= 0.6 is 23.2 Å². The van der Waals surface area contributed by atoms with Gasteiger partial charge in [0.15, 0.2) is 11.5 Å². The third-order valence-corrected chi connectivity index (χ3v) is 5.69. The number of nitriles is 1. The number of hydrogen-bond acceptors (Lipinski definition) is 4. The molecule has 0 radical (unpaired) electrons. The monoisotopic (exact) mass is 494 g/mol. The number of anilines is 1. The third kappa shape index (κ3) is 6.32. The van der Waals surface area contributed by atoms with Gasteiger partial charge in [0.25, 0.3) is 5.91 Å². The Morgan fingerprint density at radius 3 is 2.47 bits per heavy atom. The summed E-state index contributed by atoms with van der Waals surface area (Å²) in [5.74, 6) is 0.242. The number of amides is 1. The number of carbonyl (C=O) groups is 1. The first-order valence-electron chi connectivity index (χ1n) is 10.6. The molecule has 174 valence electrons. The number of nitrogens with zero attached hydrogens (tertiary/aromatic N) is 1. The van der Waals surface area contributed by atoms with E-state index in [-0.39, 0.29) is 5.57 Å². The minimum absolute atomic E-state index is 0.109. The van der Waals surface area contributed by atoms with Gasteiger partial charge >= 0.3 is 0 Å². The number of carbonyl (C=O) groups excluding carboxylic acids is 1. The zero-order valence-corrected chi connectivity index (χ0v) is 20.6. The zero-order valence-electron chi connectivity index (χ0n) is 19.1. The zero-order chi connectivity index (χ0) is 24.7. The summed E-state index contributed by atoms with van der Waals surface area (Å²) < 4.78 is 11.7. The molecule has 7 heteroatoms. The molecule has 3 rings (SSSR count). The van der Waals surface area contributed by atoms with Gasteiger partial charge in [0.05, 0.1) is 22.3 Å². The second-order valence-electron chi connectivity index (χ2n) is 7.57. The first-order valence-corrected chi connectivity index (χ1v) is 11.4. The standard InChI is InChI=1S/C27H24Cl2N2O3/c1-4-33-25-14-20(12-21(15-30)27(32)31-24-8-6-5-7-22(24)28)13-23(29)26(25)34-16-19-10-9-17(2)18(3)11-19/h5-14H,4,16H2,1-3H3,(H,31,32)/b21-12+. The van der Waals surface area contributed by atoms with Gasteiger partial charge in [-0.1, -0.05) is 53.5 Å². The molecule has 0 saturated heterocycles. The molecular weight excluding hydrogens is 471 g/mol. The Morgan fingerprint density at radius 2 is 1.79 bits per heavy atom. The molecular formula is C27H24Cl2N2O3. The van der Waals surface area contributed by atoms with Crippen molar-refractivity contribution >= 4 is 40.9 Å². The lowest BCUT2D eigenvalue weighted by Crippen LogP contribution is -2.13. The number of ether oxygens (including phenoxy) is 2. The van der Waals surface area contributed by atoms with Gasteiger partial charge in [-0.3, -0.25) is 4.79 Å². The molecule has 0 unspecified atom stereocenters. The van der Waals surface area contributed by atoms with E-state index in [9.17, 15) is 10.1 Å². The summed E-state index contributed by atoms with van der Waals surface area (Å²) in [7, 11) is 0. The Labute approximate surface area is 209 Å². The highest BCUT2D eigenvalue weighted by atomic mass is 35.5. The molecule has 0 spiro atoms. The maximum atomic E-state index is 12.6. The SMILES string of the molecule is CCOc1cc(/C=C(\C#N)C(=O)Nc2ccccc2Cl)cc(Cl)c1OCc1ccc(C)c(C)c1. The van der Waals surface area contributed by atoms with Crippen molar-refractivity contribution in [3.8, 4) is 17.6 Å². The molecule has 1 N–H and O–H groups in total. The number of para-hydroxylation sites is 1. The molecule has 1 amide bonds. The number of halogens is 2. The Bertz CT molecular complexity index is 1280. The van der Waals surface area contributed by atoms with Crippen LogP contribution in [0.3, 0.4) is 0 Å². The lowest BCUT2D eigenvalue weighted by Gasteiger charge is -2.15. The van der Waals surface area contributed by atoms with Gasteiger partial charge in [0, 0.05) is 0 Å². The van der Waals surface area contributed by atoms with E-state index in [1.54, 1.807) is 36.4 Å². The summed E-state index contributed by atoms with van der Waals surface area (Å²) in [5.41, 5.74) is 4.23. The predicted molar refractivity (Wildman–Crippen MR) is 137 cm³/mol. The van der Waals surface area contributed by atoms with E-state index in [0.29, 0.717) is 46.0 Å². The summed E-state index contributed by atoms with van der Waals surface area (Å²) in [6.45, 7) is 6.66. The van der Waals surface area contributed by atoms with E-state index in [1.807, 2.05) is 32.0 Å². The highest BCUT2D eigenvalue weighted by Gasteiger charge is 2.16. The van der Waals surface area contributed by atoms with Crippen molar-refractivity contribution in [1.29, 1.82) is 5.26 Å². The quantitative estimate of drug-likeness (QED) is 0.267. The average Bonchev–Trinajstić information content (AvgIpc) is 2.80. The fourth-order valence-corrected chi connectivity index (χ4v) is 3.65. The Kier molecular flexibility index (Phi) is 8.59. The van der Waals surface area contributed by atoms with Crippen molar-refractivity contribution in [2.45, 2.75) is 27.4 Å². The third-order valence-electron chi connectivity index (χ3n) is 5.08. The Hall–Kier alpha value is -3.46. The minimum atomic E-state index is -0.584. The van der Waals surface area contributed by atoms with Crippen LogP contribution in [0.25, 0.3) is 6.08 Å². The van der Waals surface area contributed by atoms with Crippen LogP contribution in [-0.4, -0.2) is 12.5 Å². The molecule has 0 aliphatic rings. The summed E-state index contributed by atoms with van der Waals surface area (Å²) in [4.78, 5) is 12.6. The van der Waals surface area contributed by atoms with Crippen molar-refractivity contribution in [3.63, 3.8) is 0 Å². The lowest BCUT2D eigenvalue weighted by molar-refractivity contribution is -0.112. The summed E-state index contributed by atoms with van der Waals surface area (Å²) >= 11 is 12.6. The van der Waals surface area contributed by atoms with Crippen LogP contribution in [0.4, 0.5) is 5.69 Å². The van der Waals surface area contributed by atoms with Crippen LogP contribution in [0.5, 0.6) is 11.5 Å². The van der Waals surface area contributed by atoms with Crippen LogP contribution < -0.4 is 14.8 Å². The molecule has 0 bridgehead atoms. The van der Waals surface area contributed by atoms with E-state index in [4.69, 9.17) is 32.7 Å². The van der Waals surface area contributed by atoms with Crippen molar-refractivity contribution in [2.75, 3.05) is 11.9 Å². The largest absolute Gasteiger partial charge is 0.490 e. The topological polar surface area (TPSA) is 71.3 Å². The highest BCUT2D eigenvalue weighted by molar-refractivity contribution is 6.34. The van der Waals surface area contributed by atoms with Crippen LogP contribution in [-0.2, 0) is 11.4 Å². The minimum Gasteiger partial charge on any atom is -0.490 e. The number of nitrogens with one attached hydrogen (secondary N) is 1. The van der Waals surface area contributed by atoms with Gasteiger partial charge in [-0.15, -0.1) is 0 Å². The number of aryl methyl sites for hydroxylation is 2. The van der Waals surface area contributed by atoms with E-state index in [0.717, 1.165) is 5.56 Å². The van der Waals surface area contributed by atoms with Gasteiger partial charge in [-0.2, -0.15) is 5.26 Å². The maximum absolute atomic E-state index is 12.6. The normalized spacial score (nSPS) is 11.0. The van der Waals surface area contributed by atoms with Crippen molar-refractivity contribution in [2.24, 2.45) is 0 Å². The number of benzene rings is 3.